The minimum Gasteiger partial charge on any atom is -0.375 e. The van der Waals surface area contributed by atoms with Crippen molar-refractivity contribution in [2.45, 2.75) is 83.8 Å². The van der Waals surface area contributed by atoms with Crippen LogP contribution in [0.5, 0.6) is 0 Å². The Hall–Kier alpha value is -0.0800. The molecule has 2 fully saturated rings. The Balaban J connectivity index is 1.79. The summed E-state index contributed by atoms with van der Waals surface area (Å²) in [5.41, 5.74) is 0.279. The molecule has 0 aromatic rings. The molecule has 2 heteroatoms. The predicted molar refractivity (Wildman–Crippen MR) is 81.4 cm³/mol. The van der Waals surface area contributed by atoms with Gasteiger partial charge in [-0.05, 0) is 50.5 Å². The molecule has 1 aliphatic carbocycles. The van der Waals surface area contributed by atoms with Crippen LogP contribution in [-0.2, 0) is 4.74 Å². The second-order valence-electron chi connectivity index (χ2n) is 7.22. The quantitative estimate of drug-likeness (QED) is 0.808. The number of ether oxygens (including phenoxy) is 1. The van der Waals surface area contributed by atoms with E-state index in [1.165, 1.54) is 57.9 Å². The van der Waals surface area contributed by atoms with Crippen LogP contribution in [0.25, 0.3) is 0 Å². The maximum atomic E-state index is 6.21. The monoisotopic (exact) mass is 267 g/mol. The summed E-state index contributed by atoms with van der Waals surface area (Å²) in [7, 11) is 0. The third kappa shape index (κ3) is 4.46. The van der Waals surface area contributed by atoms with Crippen molar-refractivity contribution in [3.8, 4) is 0 Å². The zero-order valence-electron chi connectivity index (χ0n) is 13.2. The lowest BCUT2D eigenvalue weighted by atomic mass is 9.72. The molecule has 0 radical (unpaired) electrons. The van der Waals surface area contributed by atoms with Crippen molar-refractivity contribution in [1.29, 1.82) is 0 Å². The van der Waals surface area contributed by atoms with Gasteiger partial charge in [0, 0.05) is 12.6 Å². The summed E-state index contributed by atoms with van der Waals surface area (Å²) >= 11 is 0. The van der Waals surface area contributed by atoms with Gasteiger partial charge in [0.15, 0.2) is 0 Å². The lowest BCUT2D eigenvalue weighted by Gasteiger charge is -2.45. The second kappa shape index (κ2) is 7.08. The van der Waals surface area contributed by atoms with Crippen LogP contribution in [-0.4, -0.2) is 24.8 Å². The molecule has 1 aliphatic heterocycles. The van der Waals surface area contributed by atoms with Crippen LogP contribution in [0.2, 0.25) is 0 Å². The van der Waals surface area contributed by atoms with Crippen molar-refractivity contribution in [2.24, 2.45) is 11.8 Å². The molecule has 0 aromatic carbocycles. The maximum absolute atomic E-state index is 6.21. The third-order valence-corrected chi connectivity index (χ3v) is 5.25. The SMILES string of the molecule is CC(C)NCCC(C)C1CCOC2(CCCCC2)C1. The average molecular weight is 267 g/mol. The Morgan fingerprint density at radius 2 is 1.89 bits per heavy atom. The highest BCUT2D eigenvalue weighted by Crippen LogP contribution is 2.43. The molecule has 2 rings (SSSR count). The molecular formula is C17H33NO. The lowest BCUT2D eigenvalue weighted by molar-refractivity contribution is -0.124. The van der Waals surface area contributed by atoms with Crippen molar-refractivity contribution in [3.05, 3.63) is 0 Å². The summed E-state index contributed by atoms with van der Waals surface area (Å²) in [6.07, 6.45) is 10.8. The minimum absolute atomic E-state index is 0.279. The normalized spacial score (nSPS) is 28.7. The fraction of sp³-hybridized carbons (Fsp3) is 1.00. The van der Waals surface area contributed by atoms with Crippen molar-refractivity contribution in [2.75, 3.05) is 13.2 Å². The van der Waals surface area contributed by atoms with Crippen LogP contribution >= 0.6 is 0 Å². The van der Waals surface area contributed by atoms with Gasteiger partial charge in [-0.2, -0.15) is 0 Å². The molecule has 112 valence electrons. The first-order valence-corrected chi connectivity index (χ1v) is 8.49. The largest absolute Gasteiger partial charge is 0.375 e. The van der Waals surface area contributed by atoms with Gasteiger partial charge in [-0.1, -0.05) is 40.0 Å². The summed E-state index contributed by atoms with van der Waals surface area (Å²) in [5, 5.41) is 3.56. The molecule has 1 N–H and O–H groups in total. The van der Waals surface area contributed by atoms with Crippen molar-refractivity contribution < 1.29 is 4.74 Å². The Bertz CT molecular complexity index is 252. The summed E-state index contributed by atoms with van der Waals surface area (Å²) in [4.78, 5) is 0. The fourth-order valence-electron chi connectivity index (χ4n) is 3.93. The van der Waals surface area contributed by atoms with Gasteiger partial charge in [0.1, 0.15) is 0 Å². The Morgan fingerprint density at radius 3 is 2.58 bits per heavy atom. The van der Waals surface area contributed by atoms with Gasteiger partial charge in [0.2, 0.25) is 0 Å². The topological polar surface area (TPSA) is 21.3 Å². The highest BCUT2D eigenvalue weighted by Gasteiger charge is 2.39. The van der Waals surface area contributed by atoms with Gasteiger partial charge in [-0.3, -0.25) is 0 Å². The summed E-state index contributed by atoms with van der Waals surface area (Å²) in [6, 6.07) is 0.617. The number of nitrogens with one attached hydrogen (secondary N) is 1. The van der Waals surface area contributed by atoms with Gasteiger partial charge >= 0.3 is 0 Å². The Morgan fingerprint density at radius 1 is 1.16 bits per heavy atom. The molecule has 1 spiro atoms. The zero-order chi connectivity index (χ0) is 13.7. The van der Waals surface area contributed by atoms with Crippen LogP contribution in [0.15, 0.2) is 0 Å². The molecule has 19 heavy (non-hydrogen) atoms. The van der Waals surface area contributed by atoms with E-state index in [9.17, 15) is 0 Å². The molecule has 1 saturated heterocycles. The lowest BCUT2D eigenvalue weighted by Crippen LogP contribution is -2.43. The first-order chi connectivity index (χ1) is 9.11. The van der Waals surface area contributed by atoms with E-state index in [1.807, 2.05) is 0 Å². The highest BCUT2D eigenvalue weighted by atomic mass is 16.5. The highest BCUT2D eigenvalue weighted by molar-refractivity contribution is 4.90. The maximum Gasteiger partial charge on any atom is 0.0685 e. The van der Waals surface area contributed by atoms with Crippen molar-refractivity contribution in [3.63, 3.8) is 0 Å². The van der Waals surface area contributed by atoms with Crippen LogP contribution < -0.4 is 5.32 Å². The van der Waals surface area contributed by atoms with Crippen molar-refractivity contribution >= 4 is 0 Å². The van der Waals surface area contributed by atoms with E-state index >= 15 is 0 Å². The van der Waals surface area contributed by atoms with E-state index in [-0.39, 0.29) is 5.60 Å². The number of hydrogen-bond acceptors (Lipinski definition) is 2. The summed E-state index contributed by atoms with van der Waals surface area (Å²) in [5.74, 6) is 1.73. The van der Waals surface area contributed by atoms with E-state index in [0.717, 1.165) is 18.4 Å². The van der Waals surface area contributed by atoms with Gasteiger partial charge in [0.05, 0.1) is 5.60 Å². The second-order valence-corrected chi connectivity index (χ2v) is 7.22. The van der Waals surface area contributed by atoms with Crippen LogP contribution in [0.1, 0.15) is 72.1 Å². The smallest absolute Gasteiger partial charge is 0.0685 e. The molecule has 2 nitrogen and oxygen atoms in total. The summed E-state index contributed by atoms with van der Waals surface area (Å²) in [6.45, 7) is 9.09. The molecule has 0 aromatic heterocycles. The fourth-order valence-corrected chi connectivity index (χ4v) is 3.93. The van der Waals surface area contributed by atoms with Gasteiger partial charge < -0.3 is 10.1 Å². The van der Waals surface area contributed by atoms with Gasteiger partial charge in [0.25, 0.3) is 0 Å². The first-order valence-electron chi connectivity index (χ1n) is 8.49. The number of hydrogen-bond donors (Lipinski definition) is 1. The molecule has 2 atom stereocenters. The zero-order valence-corrected chi connectivity index (χ0v) is 13.2. The molecular weight excluding hydrogens is 234 g/mol. The minimum atomic E-state index is 0.279. The Kier molecular flexibility index (Phi) is 5.70. The van der Waals surface area contributed by atoms with E-state index < -0.39 is 0 Å². The van der Waals surface area contributed by atoms with E-state index in [1.54, 1.807) is 0 Å². The molecule has 0 amide bonds. The van der Waals surface area contributed by atoms with Gasteiger partial charge in [-0.15, -0.1) is 0 Å². The summed E-state index contributed by atoms with van der Waals surface area (Å²) < 4.78 is 6.21. The van der Waals surface area contributed by atoms with E-state index in [4.69, 9.17) is 4.74 Å². The standard InChI is InChI=1S/C17H33NO/c1-14(2)18-11-7-15(3)16-8-12-19-17(13-16)9-5-4-6-10-17/h14-16,18H,4-13H2,1-3H3. The predicted octanol–water partition coefficient (Wildman–Crippen LogP) is 4.14. The van der Waals surface area contributed by atoms with E-state index in [0.29, 0.717) is 6.04 Å². The van der Waals surface area contributed by atoms with Crippen LogP contribution in [0.4, 0.5) is 0 Å². The van der Waals surface area contributed by atoms with Crippen LogP contribution in [0.3, 0.4) is 0 Å². The molecule has 2 aliphatic rings. The third-order valence-electron chi connectivity index (χ3n) is 5.25. The van der Waals surface area contributed by atoms with Gasteiger partial charge in [-0.25, -0.2) is 0 Å². The van der Waals surface area contributed by atoms with E-state index in [2.05, 4.69) is 26.1 Å². The number of rotatable bonds is 5. The van der Waals surface area contributed by atoms with Crippen molar-refractivity contribution in [1.82, 2.24) is 5.32 Å². The molecule has 0 bridgehead atoms. The molecule has 1 saturated carbocycles. The average Bonchev–Trinajstić information content (AvgIpc) is 2.39. The molecule has 2 unspecified atom stereocenters. The van der Waals surface area contributed by atoms with Crippen LogP contribution in [0, 0.1) is 11.8 Å². The molecule has 1 heterocycles. The first kappa shape index (κ1) is 15.3. The Labute approximate surface area is 119 Å².